The summed E-state index contributed by atoms with van der Waals surface area (Å²) in [4.78, 5) is 35.9. The number of morpholine rings is 1. The molecule has 0 saturated carbocycles. The number of imidazole rings is 1. The van der Waals surface area contributed by atoms with Gasteiger partial charge in [0.2, 0.25) is 0 Å². The summed E-state index contributed by atoms with van der Waals surface area (Å²) >= 11 is 0. The Hall–Kier alpha value is -4.44. The molecule has 0 radical (unpaired) electrons. The highest BCUT2D eigenvalue weighted by Gasteiger charge is 2.19. The van der Waals surface area contributed by atoms with Crippen LogP contribution in [0.15, 0.2) is 61.2 Å². The van der Waals surface area contributed by atoms with Crippen molar-refractivity contribution in [3.63, 3.8) is 0 Å². The quantitative estimate of drug-likeness (QED) is 0.321. The average Bonchev–Trinajstić information content (AvgIpc) is 3.43. The second-order valence-electron chi connectivity index (χ2n) is 9.97. The fourth-order valence-corrected chi connectivity index (χ4v) is 4.50. The molecule has 5 rings (SSSR count). The predicted octanol–water partition coefficient (Wildman–Crippen LogP) is 4.70. The van der Waals surface area contributed by atoms with Gasteiger partial charge >= 0.3 is 6.03 Å². The summed E-state index contributed by atoms with van der Waals surface area (Å²) in [7, 11) is 0. The number of carbonyl (C=O) groups is 2. The number of carbonyl (C=O) groups excluding carboxylic acids is 2. The Kier molecular flexibility index (Phi) is 7.74. The topological polar surface area (TPSA) is 113 Å². The third kappa shape index (κ3) is 6.01. The van der Waals surface area contributed by atoms with E-state index < -0.39 is 0 Å². The SMILES string of the molecule is Cc1c(NC(=O)NCC(C)C)cccc1-c1cc(Nc2ccc(C(=O)N3CCOCC3)cn2)c2nccn2c1. The van der Waals surface area contributed by atoms with E-state index in [-0.39, 0.29) is 11.9 Å². The molecule has 4 heterocycles. The van der Waals surface area contributed by atoms with Gasteiger partial charge in [-0.25, -0.2) is 14.8 Å². The lowest BCUT2D eigenvalue weighted by Crippen LogP contribution is -2.40. The van der Waals surface area contributed by atoms with Crippen molar-refractivity contribution in [3.05, 3.63) is 72.3 Å². The van der Waals surface area contributed by atoms with Crippen molar-refractivity contribution >= 4 is 34.8 Å². The van der Waals surface area contributed by atoms with Gasteiger partial charge in [-0.05, 0) is 48.2 Å². The molecule has 1 aliphatic heterocycles. The van der Waals surface area contributed by atoms with E-state index in [1.54, 1.807) is 29.4 Å². The Balaban J connectivity index is 1.39. The van der Waals surface area contributed by atoms with E-state index >= 15 is 0 Å². The molecule has 39 heavy (non-hydrogen) atoms. The summed E-state index contributed by atoms with van der Waals surface area (Å²) in [5, 5.41) is 9.23. The number of anilines is 3. The Morgan fingerprint density at radius 3 is 2.64 bits per heavy atom. The molecule has 1 aromatic carbocycles. The average molecular weight is 528 g/mol. The van der Waals surface area contributed by atoms with Crippen LogP contribution in [0.3, 0.4) is 0 Å². The van der Waals surface area contributed by atoms with Crippen LogP contribution in [-0.4, -0.2) is 64.1 Å². The zero-order chi connectivity index (χ0) is 27.4. The third-order valence-corrected chi connectivity index (χ3v) is 6.62. The van der Waals surface area contributed by atoms with Gasteiger partial charge in [0.25, 0.3) is 5.91 Å². The molecule has 0 spiro atoms. The van der Waals surface area contributed by atoms with Crippen molar-refractivity contribution in [2.45, 2.75) is 20.8 Å². The van der Waals surface area contributed by atoms with Gasteiger partial charge in [0.15, 0.2) is 5.65 Å². The molecule has 1 aliphatic rings. The number of amides is 3. The van der Waals surface area contributed by atoms with Crippen molar-refractivity contribution in [3.8, 4) is 11.1 Å². The fourth-order valence-electron chi connectivity index (χ4n) is 4.50. The molecule has 1 fully saturated rings. The first-order valence-corrected chi connectivity index (χ1v) is 13.1. The Morgan fingerprint density at radius 2 is 1.90 bits per heavy atom. The van der Waals surface area contributed by atoms with Gasteiger partial charge in [0, 0.05) is 55.7 Å². The smallest absolute Gasteiger partial charge is 0.319 e. The predicted molar refractivity (Wildman–Crippen MR) is 151 cm³/mol. The number of fused-ring (bicyclic) bond motifs is 1. The number of benzene rings is 1. The number of hydrogen-bond acceptors (Lipinski definition) is 6. The summed E-state index contributed by atoms with van der Waals surface area (Å²) in [6, 6.07) is 11.2. The van der Waals surface area contributed by atoms with Crippen LogP contribution in [0.1, 0.15) is 29.8 Å². The van der Waals surface area contributed by atoms with Crippen LogP contribution < -0.4 is 16.0 Å². The summed E-state index contributed by atoms with van der Waals surface area (Å²) < 4.78 is 7.29. The molecule has 0 aliphatic carbocycles. The van der Waals surface area contributed by atoms with Crippen molar-refractivity contribution in [2.24, 2.45) is 5.92 Å². The van der Waals surface area contributed by atoms with Crippen LogP contribution in [0.25, 0.3) is 16.8 Å². The van der Waals surface area contributed by atoms with E-state index in [0.29, 0.717) is 50.1 Å². The summed E-state index contributed by atoms with van der Waals surface area (Å²) in [6.07, 6.45) is 7.23. The lowest BCUT2D eigenvalue weighted by molar-refractivity contribution is 0.0302. The number of ether oxygens (including phenoxy) is 1. The molecule has 202 valence electrons. The number of rotatable bonds is 7. The number of pyridine rings is 2. The Bertz CT molecular complexity index is 1470. The Labute approximate surface area is 227 Å². The van der Waals surface area contributed by atoms with E-state index in [2.05, 4.69) is 39.8 Å². The van der Waals surface area contributed by atoms with Crippen LogP contribution in [0.2, 0.25) is 0 Å². The van der Waals surface area contributed by atoms with E-state index in [0.717, 1.165) is 33.7 Å². The largest absolute Gasteiger partial charge is 0.378 e. The van der Waals surface area contributed by atoms with Crippen LogP contribution in [0, 0.1) is 12.8 Å². The number of nitrogens with one attached hydrogen (secondary N) is 3. The summed E-state index contributed by atoms with van der Waals surface area (Å²) in [5.74, 6) is 0.924. The van der Waals surface area contributed by atoms with E-state index in [1.807, 2.05) is 48.0 Å². The lowest BCUT2D eigenvalue weighted by Gasteiger charge is -2.26. The van der Waals surface area contributed by atoms with Crippen LogP contribution >= 0.6 is 0 Å². The minimum Gasteiger partial charge on any atom is -0.378 e. The standard InChI is InChI=1S/C29H33N7O3/c1-19(2)16-32-29(38)34-24-6-4-5-23(20(24)3)22-15-25(27-30-9-10-36(27)18-22)33-26-8-7-21(17-31-26)28(37)35-11-13-39-14-12-35/h4-10,15,17-19H,11-14,16H2,1-3H3,(H,31,33)(H2,32,34,38). The first-order valence-electron chi connectivity index (χ1n) is 13.1. The first kappa shape index (κ1) is 26.2. The van der Waals surface area contributed by atoms with Gasteiger partial charge in [0.05, 0.1) is 24.5 Å². The second kappa shape index (κ2) is 11.5. The van der Waals surface area contributed by atoms with Gasteiger partial charge < -0.3 is 30.0 Å². The molecule has 3 aromatic heterocycles. The van der Waals surface area contributed by atoms with Crippen molar-refractivity contribution < 1.29 is 14.3 Å². The number of urea groups is 1. The molecule has 3 N–H and O–H groups in total. The number of aromatic nitrogens is 3. The molecular formula is C29H33N7O3. The van der Waals surface area contributed by atoms with E-state index in [4.69, 9.17) is 4.74 Å². The normalized spacial score (nSPS) is 13.5. The minimum atomic E-state index is -0.224. The van der Waals surface area contributed by atoms with Gasteiger partial charge in [-0.2, -0.15) is 0 Å². The minimum absolute atomic E-state index is 0.0446. The van der Waals surface area contributed by atoms with E-state index in [9.17, 15) is 9.59 Å². The fraction of sp³-hybridized carbons (Fsp3) is 0.310. The number of nitrogens with zero attached hydrogens (tertiary/aromatic N) is 4. The monoisotopic (exact) mass is 527 g/mol. The highest BCUT2D eigenvalue weighted by molar-refractivity contribution is 5.94. The van der Waals surface area contributed by atoms with Gasteiger partial charge in [-0.15, -0.1) is 0 Å². The molecule has 0 atom stereocenters. The molecule has 0 bridgehead atoms. The maximum atomic E-state index is 12.8. The van der Waals surface area contributed by atoms with Gasteiger partial charge in [0.1, 0.15) is 5.82 Å². The molecule has 1 saturated heterocycles. The molecule has 3 amide bonds. The first-order chi connectivity index (χ1) is 18.9. The van der Waals surface area contributed by atoms with E-state index in [1.165, 1.54) is 0 Å². The lowest BCUT2D eigenvalue weighted by atomic mass is 10.00. The van der Waals surface area contributed by atoms with Crippen molar-refractivity contribution in [2.75, 3.05) is 43.5 Å². The molecule has 4 aromatic rings. The van der Waals surface area contributed by atoms with Crippen LogP contribution in [0.4, 0.5) is 22.0 Å². The highest BCUT2D eigenvalue weighted by atomic mass is 16.5. The molecular weight excluding hydrogens is 494 g/mol. The third-order valence-electron chi connectivity index (χ3n) is 6.62. The molecule has 10 nitrogen and oxygen atoms in total. The number of hydrogen-bond donors (Lipinski definition) is 3. The van der Waals surface area contributed by atoms with Crippen LogP contribution in [0.5, 0.6) is 0 Å². The summed E-state index contributed by atoms with van der Waals surface area (Å²) in [5.41, 5.74) is 5.68. The molecule has 0 unspecified atom stereocenters. The Morgan fingerprint density at radius 1 is 1.08 bits per heavy atom. The van der Waals surface area contributed by atoms with Gasteiger partial charge in [-0.3, -0.25) is 4.79 Å². The maximum absolute atomic E-state index is 12.8. The zero-order valence-electron chi connectivity index (χ0n) is 22.4. The zero-order valence-corrected chi connectivity index (χ0v) is 22.4. The van der Waals surface area contributed by atoms with Crippen LogP contribution in [-0.2, 0) is 4.74 Å². The maximum Gasteiger partial charge on any atom is 0.319 e. The van der Waals surface area contributed by atoms with Crippen molar-refractivity contribution in [1.82, 2.24) is 24.6 Å². The second-order valence-corrected chi connectivity index (χ2v) is 9.97. The van der Waals surface area contributed by atoms with Gasteiger partial charge in [-0.1, -0.05) is 26.0 Å². The highest BCUT2D eigenvalue weighted by Crippen LogP contribution is 2.32. The summed E-state index contributed by atoms with van der Waals surface area (Å²) in [6.45, 7) is 8.98. The molecule has 10 heteroatoms. The van der Waals surface area contributed by atoms with Crippen molar-refractivity contribution in [1.29, 1.82) is 0 Å².